The third-order valence-corrected chi connectivity index (χ3v) is 4.30. The molecule has 0 aliphatic carbocycles. The summed E-state index contributed by atoms with van der Waals surface area (Å²) >= 11 is 0. The fraction of sp³-hybridized carbons (Fsp3) is 0.100. The molecule has 4 aromatic rings. The predicted octanol–water partition coefficient (Wildman–Crippen LogP) is 3.04. The van der Waals surface area contributed by atoms with Gasteiger partial charge in [0.15, 0.2) is 0 Å². The van der Waals surface area contributed by atoms with Crippen molar-refractivity contribution in [2.45, 2.75) is 12.6 Å². The number of fused-ring (bicyclic) bond motifs is 1. The molecule has 4 rings (SSSR count). The van der Waals surface area contributed by atoms with Crippen LogP contribution in [0.5, 0.6) is 0 Å². The molecular formula is C20H16FN3O2. The van der Waals surface area contributed by atoms with E-state index in [-0.39, 0.29) is 17.9 Å². The van der Waals surface area contributed by atoms with Gasteiger partial charge in [-0.15, -0.1) is 0 Å². The molecule has 1 unspecified atom stereocenters. The number of hydrogen-bond donors (Lipinski definition) is 1. The van der Waals surface area contributed by atoms with Gasteiger partial charge < -0.3 is 9.67 Å². The van der Waals surface area contributed by atoms with Crippen LogP contribution in [0.25, 0.3) is 16.8 Å². The summed E-state index contributed by atoms with van der Waals surface area (Å²) < 4.78 is 16.0. The van der Waals surface area contributed by atoms with Crippen LogP contribution < -0.4 is 5.56 Å². The predicted molar refractivity (Wildman–Crippen MR) is 96.2 cm³/mol. The Kier molecular flexibility index (Phi) is 4.10. The molecule has 130 valence electrons. The van der Waals surface area contributed by atoms with Crippen LogP contribution in [0.2, 0.25) is 0 Å². The summed E-state index contributed by atoms with van der Waals surface area (Å²) in [6, 6.07) is 16.8. The Hall–Kier alpha value is -3.25. The summed E-state index contributed by atoms with van der Waals surface area (Å²) in [7, 11) is 0. The summed E-state index contributed by atoms with van der Waals surface area (Å²) in [5.74, 6) is -0.324. The van der Waals surface area contributed by atoms with Crippen molar-refractivity contribution >= 4 is 5.52 Å². The molecule has 0 spiro atoms. The van der Waals surface area contributed by atoms with Crippen LogP contribution >= 0.6 is 0 Å². The average molecular weight is 349 g/mol. The van der Waals surface area contributed by atoms with E-state index >= 15 is 0 Å². The highest BCUT2D eigenvalue weighted by Crippen LogP contribution is 2.19. The first-order chi connectivity index (χ1) is 12.6. The van der Waals surface area contributed by atoms with E-state index in [4.69, 9.17) is 0 Å². The highest BCUT2D eigenvalue weighted by Gasteiger charge is 2.13. The first-order valence-electron chi connectivity index (χ1n) is 8.19. The lowest BCUT2D eigenvalue weighted by atomic mass is 10.1. The molecule has 6 heteroatoms. The number of nitrogens with zero attached hydrogens (tertiary/aromatic N) is 3. The minimum Gasteiger partial charge on any atom is -0.387 e. The second kappa shape index (κ2) is 6.57. The Balaban J connectivity index is 1.69. The Morgan fingerprint density at radius 3 is 2.50 bits per heavy atom. The standard InChI is InChI=1S/C20H16FN3O2/c21-16-8-6-14(7-9-16)17-12-18-20(26)23(10-11-24(18)22-17)13-19(25)15-4-2-1-3-5-15/h1-12,19,25H,13H2. The Morgan fingerprint density at radius 1 is 1.04 bits per heavy atom. The third-order valence-electron chi connectivity index (χ3n) is 4.30. The zero-order valence-electron chi connectivity index (χ0n) is 13.8. The number of hydrogen-bond acceptors (Lipinski definition) is 3. The van der Waals surface area contributed by atoms with Crippen LogP contribution in [0.3, 0.4) is 0 Å². The number of aliphatic hydroxyl groups excluding tert-OH is 1. The van der Waals surface area contributed by atoms with E-state index in [2.05, 4.69) is 5.10 Å². The molecule has 1 N–H and O–H groups in total. The van der Waals surface area contributed by atoms with E-state index in [1.807, 2.05) is 30.3 Å². The van der Waals surface area contributed by atoms with Crippen LogP contribution in [0, 0.1) is 5.82 Å². The molecule has 0 aliphatic rings. The van der Waals surface area contributed by atoms with Gasteiger partial charge in [0.25, 0.3) is 5.56 Å². The molecule has 2 aromatic carbocycles. The van der Waals surface area contributed by atoms with Crippen LogP contribution in [0.15, 0.2) is 77.9 Å². The van der Waals surface area contributed by atoms with Gasteiger partial charge in [-0.05, 0) is 35.9 Å². The van der Waals surface area contributed by atoms with Crippen molar-refractivity contribution in [3.05, 3.63) is 94.8 Å². The topological polar surface area (TPSA) is 59.5 Å². The highest BCUT2D eigenvalue weighted by atomic mass is 19.1. The van der Waals surface area contributed by atoms with Crippen molar-refractivity contribution in [1.82, 2.24) is 14.2 Å². The van der Waals surface area contributed by atoms with E-state index < -0.39 is 6.10 Å². The van der Waals surface area contributed by atoms with Gasteiger partial charge in [0.05, 0.1) is 18.3 Å². The molecule has 5 nitrogen and oxygen atoms in total. The maximum absolute atomic E-state index is 13.1. The maximum Gasteiger partial charge on any atom is 0.276 e. The van der Waals surface area contributed by atoms with Gasteiger partial charge in [-0.25, -0.2) is 8.91 Å². The summed E-state index contributed by atoms with van der Waals surface area (Å²) in [6.07, 6.45) is 2.49. The molecule has 1 atom stereocenters. The average Bonchev–Trinajstić information content (AvgIpc) is 3.10. The van der Waals surface area contributed by atoms with E-state index in [1.54, 1.807) is 30.6 Å². The van der Waals surface area contributed by atoms with Gasteiger partial charge in [0.1, 0.15) is 11.3 Å². The minimum atomic E-state index is -0.782. The Bertz CT molecular complexity index is 1100. The highest BCUT2D eigenvalue weighted by molar-refractivity contribution is 5.65. The molecule has 0 saturated carbocycles. The van der Waals surface area contributed by atoms with Crippen LogP contribution in [0.1, 0.15) is 11.7 Å². The molecule has 0 fully saturated rings. The lowest BCUT2D eigenvalue weighted by Gasteiger charge is -2.13. The summed E-state index contributed by atoms with van der Waals surface area (Å²) in [4.78, 5) is 12.7. The van der Waals surface area contributed by atoms with Crippen molar-refractivity contribution in [1.29, 1.82) is 0 Å². The number of rotatable bonds is 4. The number of benzene rings is 2. The zero-order chi connectivity index (χ0) is 18.1. The number of halogens is 1. The molecule has 0 aliphatic heterocycles. The Morgan fingerprint density at radius 2 is 1.77 bits per heavy atom. The minimum absolute atomic E-state index is 0.149. The molecule has 26 heavy (non-hydrogen) atoms. The van der Waals surface area contributed by atoms with Crippen LogP contribution in [-0.4, -0.2) is 19.3 Å². The second-order valence-electron chi connectivity index (χ2n) is 6.05. The fourth-order valence-electron chi connectivity index (χ4n) is 2.90. The first-order valence-corrected chi connectivity index (χ1v) is 8.19. The monoisotopic (exact) mass is 349 g/mol. The van der Waals surface area contributed by atoms with Gasteiger partial charge in [-0.2, -0.15) is 5.10 Å². The van der Waals surface area contributed by atoms with Crippen molar-refractivity contribution in [2.75, 3.05) is 0 Å². The van der Waals surface area contributed by atoms with Crippen molar-refractivity contribution < 1.29 is 9.50 Å². The lowest BCUT2D eigenvalue weighted by Crippen LogP contribution is -2.24. The number of aromatic nitrogens is 3. The maximum atomic E-state index is 13.1. The molecule has 0 bridgehead atoms. The third kappa shape index (κ3) is 3.02. The van der Waals surface area contributed by atoms with Gasteiger partial charge >= 0.3 is 0 Å². The quantitative estimate of drug-likeness (QED) is 0.616. The zero-order valence-corrected chi connectivity index (χ0v) is 13.8. The van der Waals surface area contributed by atoms with Crippen molar-refractivity contribution in [3.63, 3.8) is 0 Å². The summed E-state index contributed by atoms with van der Waals surface area (Å²) in [6.45, 7) is 0.149. The summed E-state index contributed by atoms with van der Waals surface area (Å²) in [5, 5.41) is 14.7. The van der Waals surface area contributed by atoms with Gasteiger partial charge in [-0.3, -0.25) is 4.79 Å². The van der Waals surface area contributed by atoms with E-state index in [9.17, 15) is 14.3 Å². The largest absolute Gasteiger partial charge is 0.387 e. The smallest absolute Gasteiger partial charge is 0.276 e. The van der Waals surface area contributed by atoms with E-state index in [0.29, 0.717) is 11.2 Å². The Labute approximate surface area is 148 Å². The van der Waals surface area contributed by atoms with Crippen LogP contribution in [-0.2, 0) is 6.54 Å². The molecular weight excluding hydrogens is 333 g/mol. The summed E-state index contributed by atoms with van der Waals surface area (Å²) in [5.41, 5.74) is 2.21. The normalized spacial score (nSPS) is 12.4. The van der Waals surface area contributed by atoms with Gasteiger partial charge in [-0.1, -0.05) is 30.3 Å². The molecule has 0 saturated heterocycles. The molecule has 0 radical (unpaired) electrons. The molecule has 2 heterocycles. The fourth-order valence-corrected chi connectivity index (χ4v) is 2.90. The SMILES string of the molecule is O=c1c2cc(-c3ccc(F)cc3)nn2ccn1CC(O)c1ccccc1. The molecule has 2 aromatic heterocycles. The van der Waals surface area contributed by atoms with Gasteiger partial charge in [0, 0.05) is 18.0 Å². The lowest BCUT2D eigenvalue weighted by molar-refractivity contribution is 0.155. The second-order valence-corrected chi connectivity index (χ2v) is 6.05. The van der Waals surface area contributed by atoms with E-state index in [1.165, 1.54) is 21.2 Å². The van der Waals surface area contributed by atoms with E-state index in [0.717, 1.165) is 11.1 Å². The van der Waals surface area contributed by atoms with Gasteiger partial charge in [0.2, 0.25) is 0 Å². The number of aliphatic hydroxyl groups is 1. The van der Waals surface area contributed by atoms with Crippen molar-refractivity contribution in [3.8, 4) is 11.3 Å². The van der Waals surface area contributed by atoms with Crippen LogP contribution in [0.4, 0.5) is 4.39 Å². The first kappa shape index (κ1) is 16.2. The van der Waals surface area contributed by atoms with Crippen molar-refractivity contribution in [2.24, 2.45) is 0 Å². The molecule has 0 amide bonds.